The van der Waals surface area contributed by atoms with E-state index < -0.39 is 17.6 Å². The zero-order valence-electron chi connectivity index (χ0n) is 13.0. The van der Waals surface area contributed by atoms with Crippen LogP contribution in [0, 0.1) is 12.7 Å². The van der Waals surface area contributed by atoms with Crippen molar-refractivity contribution in [3.8, 4) is 0 Å². The SMILES string of the molecule is Cc1ccc(CC(=O)N2CCc3cc(F)c(C(F)(F)F)cc32)cc1. The molecule has 0 aromatic heterocycles. The maximum absolute atomic E-state index is 13.6. The molecule has 0 atom stereocenters. The fourth-order valence-electron chi connectivity index (χ4n) is 2.86. The van der Waals surface area contributed by atoms with Crippen molar-refractivity contribution in [2.75, 3.05) is 11.4 Å². The van der Waals surface area contributed by atoms with E-state index in [1.165, 1.54) is 4.90 Å². The number of alkyl halides is 3. The van der Waals surface area contributed by atoms with Gasteiger partial charge in [-0.25, -0.2) is 4.39 Å². The number of amides is 1. The second kappa shape index (κ2) is 5.92. The fraction of sp³-hybridized carbons (Fsp3) is 0.278. The molecule has 0 fully saturated rings. The lowest BCUT2D eigenvalue weighted by atomic mass is 10.1. The van der Waals surface area contributed by atoms with Gasteiger partial charge in [-0.15, -0.1) is 0 Å². The lowest BCUT2D eigenvalue weighted by Gasteiger charge is -2.19. The van der Waals surface area contributed by atoms with Crippen LogP contribution in [-0.4, -0.2) is 12.5 Å². The molecule has 126 valence electrons. The Morgan fingerprint density at radius 3 is 2.46 bits per heavy atom. The Hall–Kier alpha value is -2.37. The van der Waals surface area contributed by atoms with Gasteiger partial charge in [0, 0.05) is 12.2 Å². The molecular weight excluding hydrogens is 322 g/mol. The first kappa shape index (κ1) is 16.5. The number of carbonyl (C=O) groups is 1. The van der Waals surface area contributed by atoms with Gasteiger partial charge in [0.2, 0.25) is 5.91 Å². The molecule has 6 heteroatoms. The molecule has 0 N–H and O–H groups in total. The zero-order chi connectivity index (χ0) is 17.5. The average molecular weight is 337 g/mol. The minimum Gasteiger partial charge on any atom is -0.312 e. The largest absolute Gasteiger partial charge is 0.419 e. The molecule has 0 unspecified atom stereocenters. The topological polar surface area (TPSA) is 20.3 Å². The Morgan fingerprint density at radius 2 is 1.83 bits per heavy atom. The van der Waals surface area contributed by atoms with Crippen molar-refractivity contribution in [3.05, 3.63) is 64.5 Å². The quantitative estimate of drug-likeness (QED) is 0.749. The highest BCUT2D eigenvalue weighted by atomic mass is 19.4. The minimum atomic E-state index is -4.78. The Labute approximate surface area is 136 Å². The molecule has 0 bridgehead atoms. The summed E-state index contributed by atoms with van der Waals surface area (Å²) in [7, 11) is 0. The average Bonchev–Trinajstić information content (AvgIpc) is 2.90. The van der Waals surface area contributed by atoms with E-state index in [2.05, 4.69) is 0 Å². The smallest absolute Gasteiger partial charge is 0.312 e. The summed E-state index contributed by atoms with van der Waals surface area (Å²) in [5.74, 6) is -1.59. The lowest BCUT2D eigenvalue weighted by Crippen LogP contribution is -2.30. The van der Waals surface area contributed by atoms with Gasteiger partial charge in [-0.1, -0.05) is 29.8 Å². The normalized spacial score (nSPS) is 14.0. The van der Waals surface area contributed by atoms with Crippen molar-refractivity contribution < 1.29 is 22.4 Å². The molecule has 1 amide bonds. The van der Waals surface area contributed by atoms with Gasteiger partial charge in [-0.3, -0.25) is 4.79 Å². The molecule has 1 heterocycles. The molecule has 0 saturated carbocycles. The summed E-state index contributed by atoms with van der Waals surface area (Å²) < 4.78 is 52.3. The number of benzene rings is 2. The number of aryl methyl sites for hydroxylation is 1. The molecule has 3 rings (SSSR count). The summed E-state index contributed by atoms with van der Waals surface area (Å²) in [4.78, 5) is 13.8. The number of halogens is 4. The highest BCUT2D eigenvalue weighted by Gasteiger charge is 2.37. The van der Waals surface area contributed by atoms with Gasteiger partial charge in [-0.05, 0) is 36.6 Å². The predicted octanol–water partition coefficient (Wildman–Crippen LogP) is 4.28. The fourth-order valence-corrected chi connectivity index (χ4v) is 2.86. The summed E-state index contributed by atoms with van der Waals surface area (Å²) >= 11 is 0. The van der Waals surface area contributed by atoms with Crippen molar-refractivity contribution in [2.24, 2.45) is 0 Å². The monoisotopic (exact) mass is 337 g/mol. The van der Waals surface area contributed by atoms with Crippen molar-refractivity contribution in [3.63, 3.8) is 0 Å². The molecule has 1 aliphatic rings. The zero-order valence-corrected chi connectivity index (χ0v) is 13.0. The van der Waals surface area contributed by atoms with Gasteiger partial charge in [0.1, 0.15) is 5.82 Å². The number of nitrogens with zero attached hydrogens (tertiary/aromatic N) is 1. The van der Waals surface area contributed by atoms with E-state index in [1.807, 2.05) is 31.2 Å². The van der Waals surface area contributed by atoms with Gasteiger partial charge in [0.05, 0.1) is 12.0 Å². The van der Waals surface area contributed by atoms with Crippen LogP contribution in [0.4, 0.5) is 23.2 Å². The minimum absolute atomic E-state index is 0.0957. The molecule has 0 radical (unpaired) electrons. The van der Waals surface area contributed by atoms with E-state index in [-0.39, 0.29) is 24.6 Å². The van der Waals surface area contributed by atoms with Crippen molar-refractivity contribution in [2.45, 2.75) is 25.9 Å². The molecular formula is C18H15F4NO. The summed E-state index contributed by atoms with van der Waals surface area (Å²) in [5.41, 5.74) is 1.09. The molecule has 1 aliphatic heterocycles. The first-order valence-corrected chi connectivity index (χ1v) is 7.51. The van der Waals surface area contributed by atoms with Gasteiger partial charge in [0.25, 0.3) is 0 Å². The maximum Gasteiger partial charge on any atom is 0.419 e. The van der Waals surface area contributed by atoms with Crippen LogP contribution in [-0.2, 0) is 23.8 Å². The van der Waals surface area contributed by atoms with Crippen LogP contribution < -0.4 is 4.90 Å². The third-order valence-electron chi connectivity index (χ3n) is 4.15. The van der Waals surface area contributed by atoms with Crippen molar-refractivity contribution in [1.29, 1.82) is 0 Å². The first-order valence-electron chi connectivity index (χ1n) is 7.51. The number of carbonyl (C=O) groups excluding carboxylic acids is 1. The van der Waals surface area contributed by atoms with Gasteiger partial charge in [-0.2, -0.15) is 13.2 Å². The van der Waals surface area contributed by atoms with Crippen LogP contribution in [0.5, 0.6) is 0 Å². The van der Waals surface area contributed by atoms with Crippen LogP contribution in [0.3, 0.4) is 0 Å². The lowest BCUT2D eigenvalue weighted by molar-refractivity contribution is -0.140. The van der Waals surface area contributed by atoms with Gasteiger partial charge in [0.15, 0.2) is 0 Å². The van der Waals surface area contributed by atoms with E-state index in [4.69, 9.17) is 0 Å². The van der Waals surface area contributed by atoms with Crippen LogP contribution in [0.1, 0.15) is 22.3 Å². The van der Waals surface area contributed by atoms with E-state index in [0.717, 1.165) is 23.3 Å². The third kappa shape index (κ3) is 3.13. The van der Waals surface area contributed by atoms with Crippen LogP contribution >= 0.6 is 0 Å². The van der Waals surface area contributed by atoms with Crippen molar-refractivity contribution >= 4 is 11.6 Å². The Kier molecular flexibility index (Phi) is 4.07. The summed E-state index contributed by atoms with van der Waals surface area (Å²) in [6.07, 6.45) is -4.34. The standard InChI is InChI=1S/C18H15F4NO/c1-11-2-4-12(5-3-11)8-17(24)23-7-6-13-9-15(19)14(10-16(13)23)18(20,21)22/h2-5,9-10H,6-8H2,1H3. The highest BCUT2D eigenvalue weighted by molar-refractivity contribution is 5.96. The Balaban J connectivity index is 1.88. The van der Waals surface area contributed by atoms with E-state index in [1.54, 1.807) is 0 Å². The second-order valence-electron chi connectivity index (χ2n) is 5.92. The highest BCUT2D eigenvalue weighted by Crippen LogP contribution is 2.38. The number of rotatable bonds is 2. The molecule has 2 aromatic carbocycles. The molecule has 0 spiro atoms. The van der Waals surface area contributed by atoms with Gasteiger partial charge < -0.3 is 4.90 Å². The van der Waals surface area contributed by atoms with Crippen LogP contribution in [0.25, 0.3) is 0 Å². The maximum atomic E-state index is 13.6. The summed E-state index contributed by atoms with van der Waals surface area (Å²) in [5, 5.41) is 0. The molecule has 24 heavy (non-hydrogen) atoms. The first-order chi connectivity index (χ1) is 11.3. The molecule has 2 aromatic rings. The third-order valence-corrected chi connectivity index (χ3v) is 4.15. The number of fused-ring (bicyclic) bond motifs is 1. The van der Waals surface area contributed by atoms with E-state index >= 15 is 0 Å². The number of hydrogen-bond acceptors (Lipinski definition) is 1. The molecule has 0 saturated heterocycles. The number of hydrogen-bond donors (Lipinski definition) is 0. The summed E-state index contributed by atoms with van der Waals surface area (Å²) in [6.45, 7) is 2.19. The van der Waals surface area contributed by atoms with Crippen molar-refractivity contribution in [1.82, 2.24) is 0 Å². The second-order valence-corrected chi connectivity index (χ2v) is 5.92. The van der Waals surface area contributed by atoms with E-state index in [9.17, 15) is 22.4 Å². The predicted molar refractivity (Wildman–Crippen MR) is 82.3 cm³/mol. The van der Waals surface area contributed by atoms with E-state index in [0.29, 0.717) is 12.0 Å². The summed E-state index contributed by atoms with van der Waals surface area (Å²) in [6, 6.07) is 9.00. The van der Waals surface area contributed by atoms with Crippen LogP contribution in [0.2, 0.25) is 0 Å². The Bertz CT molecular complexity index is 781. The van der Waals surface area contributed by atoms with Crippen LogP contribution in [0.15, 0.2) is 36.4 Å². The molecule has 2 nitrogen and oxygen atoms in total. The van der Waals surface area contributed by atoms with Gasteiger partial charge >= 0.3 is 6.18 Å². The Morgan fingerprint density at radius 1 is 1.17 bits per heavy atom. The molecule has 0 aliphatic carbocycles. The number of anilines is 1.